The van der Waals surface area contributed by atoms with Gasteiger partial charge in [-0.25, -0.2) is 14.4 Å². The molecule has 0 heterocycles. The number of aliphatic carboxylic acids is 1. The van der Waals surface area contributed by atoms with E-state index in [0.29, 0.717) is 24.3 Å². The lowest BCUT2D eigenvalue weighted by molar-refractivity contribution is -0.139. The van der Waals surface area contributed by atoms with Crippen molar-refractivity contribution in [3.63, 3.8) is 0 Å². The Morgan fingerprint density at radius 2 is 1.26 bits per heavy atom. The van der Waals surface area contributed by atoms with Crippen LogP contribution in [0.15, 0.2) is 18.2 Å². The van der Waals surface area contributed by atoms with Crippen molar-refractivity contribution < 1.29 is 52.7 Å². The minimum atomic E-state index is -1.43. The van der Waals surface area contributed by atoms with Gasteiger partial charge in [-0.05, 0) is 55.2 Å². The van der Waals surface area contributed by atoms with Crippen LogP contribution in [0.3, 0.4) is 0 Å². The third-order valence-corrected chi connectivity index (χ3v) is 6.37. The van der Waals surface area contributed by atoms with E-state index in [-0.39, 0.29) is 43.2 Å². The fraction of sp³-hybridized carbons (Fsp3) is 0.667. The summed E-state index contributed by atoms with van der Waals surface area (Å²) in [5, 5.41) is 9.77. The maximum Gasteiger partial charge on any atom is 0.513 e. The van der Waals surface area contributed by atoms with Crippen molar-refractivity contribution in [3.05, 3.63) is 23.8 Å². The number of hydrogen-bond acceptors (Lipinski definition) is 11. The second-order valence-electron chi connectivity index (χ2n) is 11.5. The molecule has 1 aromatic rings. The molecule has 0 bridgehead atoms. The quantitative estimate of drug-likeness (QED) is 0.127. The Balaban J connectivity index is 3.33. The molecule has 0 aliphatic heterocycles. The summed E-state index contributed by atoms with van der Waals surface area (Å²) in [6.45, 7) is 15.3. The molecular weight excluding hydrogens is 550 g/mol. The fourth-order valence-corrected chi connectivity index (χ4v) is 3.70. The first-order chi connectivity index (χ1) is 19.6. The lowest BCUT2D eigenvalue weighted by Crippen LogP contribution is -2.42. The molecule has 0 amide bonds. The van der Waals surface area contributed by atoms with E-state index < -0.39 is 48.4 Å². The topological polar surface area (TPSA) is 170 Å². The summed E-state index contributed by atoms with van der Waals surface area (Å²) in [7, 11) is 0. The first-order valence-corrected chi connectivity index (χ1v) is 14.3. The van der Waals surface area contributed by atoms with E-state index in [4.69, 9.17) is 34.2 Å². The zero-order chi connectivity index (χ0) is 32.0. The Kier molecular flexibility index (Phi) is 15.7. The number of ether oxygens (including phenoxy) is 6. The minimum absolute atomic E-state index is 0.0992. The van der Waals surface area contributed by atoms with Gasteiger partial charge in [0.05, 0.1) is 19.8 Å². The Hall–Kier alpha value is -3.54. The van der Waals surface area contributed by atoms with E-state index in [1.54, 1.807) is 13.8 Å². The van der Waals surface area contributed by atoms with Crippen LogP contribution in [0.25, 0.3) is 0 Å². The largest absolute Gasteiger partial charge is 0.513 e. The molecule has 12 heteroatoms. The maximum atomic E-state index is 12.5. The summed E-state index contributed by atoms with van der Waals surface area (Å²) < 4.78 is 31.4. The summed E-state index contributed by atoms with van der Waals surface area (Å²) >= 11 is 0. The Bertz CT molecular complexity index is 1020. The van der Waals surface area contributed by atoms with Crippen LogP contribution in [-0.4, -0.2) is 61.5 Å². The Labute approximate surface area is 248 Å². The normalized spacial score (nSPS) is 14.1. The van der Waals surface area contributed by atoms with Crippen LogP contribution >= 0.6 is 0 Å². The zero-order valence-electron chi connectivity index (χ0n) is 25.9. The summed E-state index contributed by atoms with van der Waals surface area (Å²) in [4.78, 5) is 48.9. The molecule has 0 fully saturated rings. The van der Waals surface area contributed by atoms with Gasteiger partial charge in [0.2, 0.25) is 0 Å². The molecule has 0 radical (unpaired) electrons. The van der Waals surface area contributed by atoms with E-state index >= 15 is 0 Å². The van der Waals surface area contributed by atoms with Gasteiger partial charge in [-0.2, -0.15) is 0 Å². The second-order valence-corrected chi connectivity index (χ2v) is 11.5. The van der Waals surface area contributed by atoms with E-state index in [1.165, 1.54) is 18.2 Å². The number of nitrogens with two attached hydrogens (primary N) is 1. The van der Waals surface area contributed by atoms with E-state index in [1.807, 2.05) is 41.5 Å². The van der Waals surface area contributed by atoms with Gasteiger partial charge in [0, 0.05) is 11.8 Å². The molecule has 0 aromatic heterocycles. The van der Waals surface area contributed by atoms with Gasteiger partial charge in [-0.3, -0.25) is 4.79 Å². The van der Waals surface area contributed by atoms with Crippen LogP contribution in [0.4, 0.5) is 14.4 Å². The van der Waals surface area contributed by atoms with Crippen LogP contribution in [-0.2, 0) is 23.7 Å². The molecule has 42 heavy (non-hydrogen) atoms. The number of rotatable bonds is 16. The van der Waals surface area contributed by atoms with Gasteiger partial charge in [-0.1, -0.05) is 54.5 Å². The molecule has 1 rings (SSSR count). The molecule has 0 saturated heterocycles. The third kappa shape index (κ3) is 13.4. The number of benzene rings is 1. The fourth-order valence-electron chi connectivity index (χ4n) is 3.70. The molecule has 12 nitrogen and oxygen atoms in total. The first-order valence-electron chi connectivity index (χ1n) is 14.3. The first kappa shape index (κ1) is 36.5. The molecule has 3 unspecified atom stereocenters. The molecule has 1 aromatic carbocycles. The van der Waals surface area contributed by atoms with Gasteiger partial charge >= 0.3 is 24.4 Å². The molecule has 4 atom stereocenters. The summed E-state index contributed by atoms with van der Waals surface area (Å²) in [5.41, 5.74) is 6.42. The van der Waals surface area contributed by atoms with E-state index in [2.05, 4.69) is 0 Å². The van der Waals surface area contributed by atoms with Crippen molar-refractivity contribution in [2.24, 2.45) is 29.4 Å². The van der Waals surface area contributed by atoms with Crippen molar-refractivity contribution in [2.75, 3.05) is 19.8 Å². The lowest BCUT2D eigenvalue weighted by atomic mass is 9.79. The van der Waals surface area contributed by atoms with Crippen LogP contribution in [0.1, 0.15) is 79.7 Å². The zero-order valence-corrected chi connectivity index (χ0v) is 25.9. The molecule has 3 N–H and O–H groups in total. The number of hydrogen-bond donors (Lipinski definition) is 2. The average Bonchev–Trinajstić information content (AvgIpc) is 2.88. The standard InChI is InChI=1S/C30H47NO11/c1-17(2)11-13-37-28(34)41-23-10-9-22(15-24(23)42-29(35)38-14-12-18(3)4)25(26(31)27(32)33)20(7)21(8)40-30(36)39-16-19(5)6/h9-10,15,17-21,25-26H,11-14,16,31H2,1-8H3,(H,32,33)/t20?,21?,25?,26-/m0/s1. The van der Waals surface area contributed by atoms with Crippen LogP contribution in [0.2, 0.25) is 0 Å². The number of carboxylic acid groups (broad SMARTS) is 1. The lowest BCUT2D eigenvalue weighted by Gasteiger charge is -2.31. The van der Waals surface area contributed by atoms with Crippen LogP contribution in [0.5, 0.6) is 11.5 Å². The monoisotopic (exact) mass is 597 g/mol. The molecule has 0 saturated carbocycles. The second kappa shape index (κ2) is 18.1. The predicted octanol–water partition coefficient (Wildman–Crippen LogP) is 6.14. The summed E-state index contributed by atoms with van der Waals surface area (Å²) in [6.07, 6.45) is -2.52. The molecule has 238 valence electrons. The highest BCUT2D eigenvalue weighted by molar-refractivity contribution is 5.75. The van der Waals surface area contributed by atoms with Crippen molar-refractivity contribution in [2.45, 2.75) is 86.3 Å². The van der Waals surface area contributed by atoms with Crippen LogP contribution < -0.4 is 15.2 Å². The predicted molar refractivity (Wildman–Crippen MR) is 154 cm³/mol. The van der Waals surface area contributed by atoms with E-state index in [0.717, 1.165) is 0 Å². The number of carboxylic acids is 1. The van der Waals surface area contributed by atoms with Gasteiger partial charge < -0.3 is 39.3 Å². The van der Waals surface area contributed by atoms with Gasteiger partial charge in [0.1, 0.15) is 12.1 Å². The highest BCUT2D eigenvalue weighted by Crippen LogP contribution is 2.37. The van der Waals surface area contributed by atoms with Gasteiger partial charge in [-0.15, -0.1) is 0 Å². The van der Waals surface area contributed by atoms with Gasteiger partial charge in [0.25, 0.3) is 0 Å². The Morgan fingerprint density at radius 1 is 0.738 bits per heavy atom. The molecule has 0 aliphatic rings. The van der Waals surface area contributed by atoms with Crippen molar-refractivity contribution in [1.82, 2.24) is 0 Å². The van der Waals surface area contributed by atoms with Crippen molar-refractivity contribution >= 4 is 24.4 Å². The van der Waals surface area contributed by atoms with Crippen molar-refractivity contribution in [1.29, 1.82) is 0 Å². The van der Waals surface area contributed by atoms with Gasteiger partial charge in [0.15, 0.2) is 11.5 Å². The average molecular weight is 598 g/mol. The molecule has 0 aliphatic carbocycles. The maximum absolute atomic E-state index is 12.5. The van der Waals surface area contributed by atoms with Crippen LogP contribution in [0, 0.1) is 23.7 Å². The number of carbonyl (C=O) groups is 4. The molecule has 0 spiro atoms. The third-order valence-electron chi connectivity index (χ3n) is 6.37. The SMILES string of the molecule is CC(C)CCOC(=O)Oc1ccc(C(C(C)C(C)OC(=O)OCC(C)C)[C@H](N)C(=O)O)cc1OC(=O)OCCC(C)C. The summed E-state index contributed by atoms with van der Waals surface area (Å²) in [6, 6.07) is 2.73. The van der Waals surface area contributed by atoms with Crippen molar-refractivity contribution in [3.8, 4) is 11.5 Å². The molecular formula is C30H47NO11. The highest BCUT2D eigenvalue weighted by Gasteiger charge is 2.36. The Morgan fingerprint density at radius 3 is 1.74 bits per heavy atom. The number of carbonyl (C=O) groups excluding carboxylic acids is 3. The summed E-state index contributed by atoms with van der Waals surface area (Å²) in [5.74, 6) is -2.53. The van der Waals surface area contributed by atoms with E-state index in [9.17, 15) is 24.3 Å². The smallest absolute Gasteiger partial charge is 0.480 e. The minimum Gasteiger partial charge on any atom is -0.480 e. The highest BCUT2D eigenvalue weighted by atomic mass is 16.7.